The van der Waals surface area contributed by atoms with Crippen molar-refractivity contribution in [1.82, 2.24) is 20.5 Å². The van der Waals surface area contributed by atoms with Crippen LogP contribution in [-0.4, -0.2) is 58.5 Å². The van der Waals surface area contributed by atoms with Crippen LogP contribution in [0.4, 0.5) is 9.59 Å². The second kappa shape index (κ2) is 10.5. The summed E-state index contributed by atoms with van der Waals surface area (Å²) in [5.41, 5.74) is 2.93. The molecule has 1 aromatic heterocycles. The molecule has 10 nitrogen and oxygen atoms in total. The molecular weight excluding hydrogens is 368 g/mol. The van der Waals surface area contributed by atoms with E-state index >= 15 is 0 Å². The van der Waals surface area contributed by atoms with Crippen LogP contribution in [0.1, 0.15) is 63.4 Å². The van der Waals surface area contributed by atoms with Crippen molar-refractivity contribution >= 4 is 18.1 Å². The summed E-state index contributed by atoms with van der Waals surface area (Å²) in [5.74, 6) is -0.127. The molecule has 0 spiro atoms. The molecule has 0 saturated heterocycles. The number of hydrogen-bond acceptors (Lipinski definition) is 7. The van der Waals surface area contributed by atoms with Gasteiger partial charge >= 0.3 is 12.2 Å². The molecule has 158 valence electrons. The predicted octanol–water partition coefficient (Wildman–Crippen LogP) is 2.86. The first-order valence-electron chi connectivity index (χ1n) is 9.29. The Morgan fingerprint density at radius 1 is 1.07 bits per heavy atom. The van der Waals surface area contributed by atoms with Crippen molar-refractivity contribution in [3.8, 4) is 0 Å². The fraction of sp³-hybridized carbons (Fsp3) is 0.667. The van der Waals surface area contributed by atoms with Gasteiger partial charge in [-0.15, -0.1) is 0 Å². The zero-order valence-electron chi connectivity index (χ0n) is 17.6. The number of ether oxygens (including phenoxy) is 2. The molecule has 0 atom stereocenters. The molecule has 0 radical (unpaired) electrons. The fourth-order valence-corrected chi connectivity index (χ4v) is 2.76. The summed E-state index contributed by atoms with van der Waals surface area (Å²) in [7, 11) is 0. The lowest BCUT2D eigenvalue weighted by molar-refractivity contribution is 0.0615. The van der Waals surface area contributed by atoms with Gasteiger partial charge in [0.2, 0.25) is 0 Å². The summed E-state index contributed by atoms with van der Waals surface area (Å²) in [6.07, 6.45) is -1.64. The van der Waals surface area contributed by atoms with Crippen LogP contribution < -0.4 is 5.43 Å². The molecule has 0 aliphatic carbocycles. The minimum atomic E-state index is -0.828. The number of nitrogens with zero attached hydrogens (tertiary/aromatic N) is 3. The maximum Gasteiger partial charge on any atom is 0.429 e. The predicted molar refractivity (Wildman–Crippen MR) is 100 cm³/mol. The molecule has 1 aromatic rings. The molecule has 0 fully saturated rings. The zero-order valence-corrected chi connectivity index (χ0v) is 17.6. The highest BCUT2D eigenvalue weighted by Crippen LogP contribution is 2.21. The minimum absolute atomic E-state index is 0.0477. The molecule has 1 rings (SSSR count). The van der Waals surface area contributed by atoms with Gasteiger partial charge in [-0.3, -0.25) is 4.79 Å². The van der Waals surface area contributed by atoms with E-state index in [0.29, 0.717) is 5.69 Å². The second-order valence-corrected chi connectivity index (χ2v) is 6.58. The molecule has 1 N–H and O–H groups in total. The van der Waals surface area contributed by atoms with Crippen molar-refractivity contribution in [2.45, 2.75) is 67.1 Å². The summed E-state index contributed by atoms with van der Waals surface area (Å²) in [5, 5.41) is 4.75. The summed E-state index contributed by atoms with van der Waals surface area (Å²) in [4.78, 5) is 38.8. The Balaban J connectivity index is 3.19. The van der Waals surface area contributed by atoms with E-state index in [-0.39, 0.29) is 49.1 Å². The van der Waals surface area contributed by atoms with Crippen LogP contribution in [0.25, 0.3) is 0 Å². The number of carbonyl (C=O) groups is 3. The molecule has 0 saturated carbocycles. The first-order chi connectivity index (χ1) is 13.1. The molecule has 0 bridgehead atoms. The normalized spacial score (nSPS) is 10.8. The number of hydrogen-bond donors (Lipinski definition) is 1. The van der Waals surface area contributed by atoms with Crippen molar-refractivity contribution < 1.29 is 28.4 Å². The number of carbonyl (C=O) groups excluding carboxylic acids is 3. The van der Waals surface area contributed by atoms with Crippen molar-refractivity contribution in [3.63, 3.8) is 0 Å². The number of amides is 3. The van der Waals surface area contributed by atoms with Gasteiger partial charge in [0.15, 0.2) is 5.76 Å². The van der Waals surface area contributed by atoms with E-state index in [0.717, 1.165) is 5.01 Å². The molecule has 10 heteroatoms. The summed E-state index contributed by atoms with van der Waals surface area (Å²) in [6.45, 7) is 12.5. The highest BCUT2D eigenvalue weighted by Gasteiger charge is 2.31. The van der Waals surface area contributed by atoms with Crippen LogP contribution >= 0.6 is 0 Å². The van der Waals surface area contributed by atoms with Crippen LogP contribution in [0.15, 0.2) is 4.52 Å². The average molecular weight is 398 g/mol. The van der Waals surface area contributed by atoms with Crippen LogP contribution in [0.5, 0.6) is 0 Å². The molecule has 0 aliphatic rings. The van der Waals surface area contributed by atoms with Crippen LogP contribution in [0, 0.1) is 6.92 Å². The highest BCUT2D eigenvalue weighted by atomic mass is 16.6. The van der Waals surface area contributed by atoms with Crippen LogP contribution in [0.3, 0.4) is 0 Å². The molecule has 0 unspecified atom stereocenters. The van der Waals surface area contributed by atoms with E-state index in [1.54, 1.807) is 25.7 Å². The Kier molecular flexibility index (Phi) is 8.75. The van der Waals surface area contributed by atoms with Gasteiger partial charge in [0.05, 0.1) is 18.9 Å². The standard InChI is InChI=1S/C18H30N4O6/c1-8-26-17(24)19-21(18(25)27-9-2)10-14-15(13(7)20-28-14)16(23)22(11(3)4)12(5)6/h11-12H,8-10H2,1-7H3,(H,19,24). The largest absolute Gasteiger partial charge is 0.449 e. The number of rotatable bonds is 7. The molecule has 1 heterocycles. The van der Waals surface area contributed by atoms with Crippen molar-refractivity contribution in [2.75, 3.05) is 13.2 Å². The lowest BCUT2D eigenvalue weighted by Gasteiger charge is -2.31. The first kappa shape index (κ1) is 23.3. The van der Waals surface area contributed by atoms with E-state index in [4.69, 9.17) is 14.0 Å². The van der Waals surface area contributed by atoms with Gasteiger partial charge in [0.1, 0.15) is 12.1 Å². The van der Waals surface area contributed by atoms with Gasteiger partial charge in [-0.1, -0.05) is 5.16 Å². The second-order valence-electron chi connectivity index (χ2n) is 6.58. The summed E-state index contributed by atoms with van der Waals surface area (Å²) < 4.78 is 15.0. The van der Waals surface area contributed by atoms with E-state index in [2.05, 4.69) is 10.6 Å². The topological polar surface area (TPSA) is 114 Å². The van der Waals surface area contributed by atoms with Crippen molar-refractivity contribution in [3.05, 3.63) is 17.0 Å². The lowest BCUT2D eigenvalue weighted by atomic mass is 10.1. The Morgan fingerprint density at radius 3 is 2.14 bits per heavy atom. The van der Waals surface area contributed by atoms with Gasteiger partial charge in [-0.05, 0) is 48.5 Å². The van der Waals surface area contributed by atoms with E-state index in [1.165, 1.54) is 0 Å². The van der Waals surface area contributed by atoms with Gasteiger partial charge < -0.3 is 18.9 Å². The fourth-order valence-electron chi connectivity index (χ4n) is 2.76. The number of nitrogens with one attached hydrogen (secondary N) is 1. The highest BCUT2D eigenvalue weighted by molar-refractivity contribution is 5.96. The SMILES string of the molecule is CCOC(=O)NN(Cc1onc(C)c1C(=O)N(C(C)C)C(C)C)C(=O)OCC. The van der Waals surface area contributed by atoms with Crippen molar-refractivity contribution in [2.24, 2.45) is 0 Å². The molecule has 0 aromatic carbocycles. The minimum Gasteiger partial charge on any atom is -0.449 e. The Hall–Kier alpha value is -2.78. The third kappa shape index (κ3) is 5.86. The third-order valence-electron chi connectivity index (χ3n) is 3.79. The zero-order chi connectivity index (χ0) is 21.4. The smallest absolute Gasteiger partial charge is 0.429 e. The van der Waals surface area contributed by atoms with Crippen molar-refractivity contribution in [1.29, 1.82) is 0 Å². The lowest BCUT2D eigenvalue weighted by Crippen LogP contribution is -2.47. The van der Waals surface area contributed by atoms with Gasteiger partial charge in [-0.25, -0.2) is 20.0 Å². The Labute approximate surface area is 165 Å². The summed E-state index contributed by atoms with van der Waals surface area (Å²) >= 11 is 0. The van der Waals surface area contributed by atoms with Gasteiger partial charge in [0.25, 0.3) is 5.91 Å². The number of aryl methyl sites for hydroxylation is 1. The quantitative estimate of drug-likeness (QED) is 0.702. The van der Waals surface area contributed by atoms with Gasteiger partial charge in [-0.2, -0.15) is 0 Å². The number of hydrazine groups is 1. The van der Waals surface area contributed by atoms with E-state index in [1.807, 2.05) is 27.7 Å². The molecule has 3 amide bonds. The Morgan fingerprint density at radius 2 is 1.64 bits per heavy atom. The first-order valence-corrected chi connectivity index (χ1v) is 9.29. The maximum absolute atomic E-state index is 13.1. The summed E-state index contributed by atoms with van der Waals surface area (Å²) in [6, 6.07) is -0.0954. The Bertz CT molecular complexity index is 678. The average Bonchev–Trinajstić information content (AvgIpc) is 2.94. The van der Waals surface area contributed by atoms with Crippen LogP contribution in [-0.2, 0) is 16.0 Å². The molecule has 0 aliphatic heterocycles. The third-order valence-corrected chi connectivity index (χ3v) is 3.79. The molecule has 28 heavy (non-hydrogen) atoms. The van der Waals surface area contributed by atoms with E-state index in [9.17, 15) is 14.4 Å². The number of aromatic nitrogens is 1. The maximum atomic E-state index is 13.1. The molecular formula is C18H30N4O6. The van der Waals surface area contributed by atoms with E-state index < -0.39 is 12.2 Å². The van der Waals surface area contributed by atoms with Crippen LogP contribution in [0.2, 0.25) is 0 Å². The van der Waals surface area contributed by atoms with Gasteiger partial charge in [0, 0.05) is 12.1 Å². The monoisotopic (exact) mass is 398 g/mol.